The highest BCUT2D eigenvalue weighted by atomic mass is 32.3. The van der Waals surface area contributed by atoms with Crippen LogP contribution in [-0.2, 0) is 20.5 Å². The number of hydrogen-bond donors (Lipinski definition) is 0. The van der Waals surface area contributed by atoms with E-state index in [0.29, 0.717) is 17.6 Å². The van der Waals surface area contributed by atoms with E-state index in [2.05, 4.69) is 29.6 Å². The molecule has 1 saturated carbocycles. The Morgan fingerprint density at radius 3 is 2.37 bits per heavy atom. The molecule has 1 saturated heterocycles. The Labute approximate surface area is 183 Å². The number of aryl methyl sites for hydroxylation is 1. The molecule has 0 atom stereocenters. The van der Waals surface area contributed by atoms with Gasteiger partial charge in [0.15, 0.2) is 15.2 Å². The normalized spacial score (nSPS) is 25.6. The molecule has 7 heteroatoms. The third kappa shape index (κ3) is 6.00. The van der Waals surface area contributed by atoms with Crippen molar-refractivity contribution in [3.8, 4) is 0 Å². The molecule has 1 aliphatic heterocycles. The minimum absolute atomic E-state index is 0.268. The van der Waals surface area contributed by atoms with Crippen LogP contribution in [-0.4, -0.2) is 30.9 Å². The van der Waals surface area contributed by atoms with Gasteiger partial charge in [-0.1, -0.05) is 31.4 Å². The van der Waals surface area contributed by atoms with Gasteiger partial charge in [-0.2, -0.15) is 0 Å². The fraction of sp³-hybridized carbons (Fsp3) is 0.739. The van der Waals surface area contributed by atoms with Gasteiger partial charge in [0.25, 0.3) is 0 Å². The first-order valence-corrected chi connectivity index (χ1v) is 15.1. The van der Waals surface area contributed by atoms with Crippen LogP contribution in [0.1, 0.15) is 70.8 Å². The summed E-state index contributed by atoms with van der Waals surface area (Å²) in [6.45, 7) is 3.56. The van der Waals surface area contributed by atoms with E-state index in [1.54, 1.807) is 13.8 Å². The van der Waals surface area contributed by atoms with Gasteiger partial charge in [0.2, 0.25) is 0 Å². The van der Waals surface area contributed by atoms with Crippen molar-refractivity contribution in [1.82, 2.24) is 0 Å². The lowest BCUT2D eigenvalue weighted by Gasteiger charge is -2.38. The summed E-state index contributed by atoms with van der Waals surface area (Å²) in [5, 5.41) is 2.58. The molecule has 0 amide bonds. The summed E-state index contributed by atoms with van der Waals surface area (Å²) in [7, 11) is -4.50. The smallest absolute Gasteiger partial charge is 0.167 e. The third-order valence-electron chi connectivity index (χ3n) is 6.94. The van der Waals surface area contributed by atoms with Gasteiger partial charge in [-0.25, -0.2) is 8.42 Å². The van der Waals surface area contributed by atoms with Gasteiger partial charge in [-0.3, -0.25) is 0 Å². The summed E-state index contributed by atoms with van der Waals surface area (Å²) in [4.78, 5) is 12.1. The predicted molar refractivity (Wildman–Crippen MR) is 125 cm³/mol. The first kappa shape index (κ1) is 23.6. The van der Waals surface area contributed by atoms with Gasteiger partial charge < -0.3 is 4.28 Å². The molecule has 0 spiro atoms. The van der Waals surface area contributed by atoms with E-state index in [1.165, 1.54) is 16.9 Å². The first-order valence-electron chi connectivity index (χ1n) is 11.5. The molecule has 1 aliphatic carbocycles. The maximum atomic E-state index is 12.2. The maximum Gasteiger partial charge on any atom is 0.167 e. The largest absolute Gasteiger partial charge is 0.307 e. The third-order valence-corrected chi connectivity index (χ3v) is 12.7. The van der Waals surface area contributed by atoms with Crippen molar-refractivity contribution in [3.63, 3.8) is 0 Å². The molecule has 3 rings (SSSR count). The van der Waals surface area contributed by atoms with Crippen LogP contribution in [0, 0.1) is 16.7 Å². The molecule has 5 nitrogen and oxygen atoms in total. The highest BCUT2D eigenvalue weighted by molar-refractivity contribution is 8.29. The second-order valence-corrected chi connectivity index (χ2v) is 15.0. The molecule has 0 unspecified atom stereocenters. The van der Waals surface area contributed by atoms with Crippen molar-refractivity contribution in [2.24, 2.45) is 17.2 Å². The Bertz CT molecular complexity index is 795. The molecule has 0 bridgehead atoms. The molecule has 2 aliphatic rings. The van der Waals surface area contributed by atoms with E-state index < -0.39 is 20.1 Å². The van der Waals surface area contributed by atoms with Crippen LogP contribution in [0.4, 0.5) is 0 Å². The number of benzene rings is 1. The molecule has 2 fully saturated rings. The topological polar surface area (TPSA) is 72.8 Å². The van der Waals surface area contributed by atoms with Crippen molar-refractivity contribution in [3.05, 3.63) is 34.7 Å². The van der Waals surface area contributed by atoms with Crippen LogP contribution in [0.25, 0.3) is 0 Å². The van der Waals surface area contributed by atoms with E-state index in [4.69, 9.17) is 4.28 Å². The van der Waals surface area contributed by atoms with E-state index in [9.17, 15) is 13.3 Å². The molecule has 1 aromatic rings. The Kier molecular flexibility index (Phi) is 8.24. The van der Waals surface area contributed by atoms with Gasteiger partial charge in [0, 0.05) is 16.4 Å². The molecule has 0 aromatic heterocycles. The van der Waals surface area contributed by atoms with Crippen molar-refractivity contribution in [2.75, 3.05) is 17.3 Å². The van der Waals surface area contributed by atoms with E-state index >= 15 is 0 Å². The van der Waals surface area contributed by atoms with Crippen molar-refractivity contribution in [1.29, 1.82) is 0 Å². The van der Waals surface area contributed by atoms with Crippen LogP contribution in [0.15, 0.2) is 34.5 Å². The maximum absolute atomic E-state index is 12.2. The van der Waals surface area contributed by atoms with Crippen LogP contribution < -0.4 is 0 Å². The second-order valence-electron chi connectivity index (χ2n) is 9.38. The summed E-state index contributed by atoms with van der Waals surface area (Å²) in [6, 6.07) is 8.62. The molecule has 0 N–H and O–H groups in total. The van der Waals surface area contributed by atoms with Crippen LogP contribution in [0.3, 0.4) is 0 Å². The lowest BCUT2D eigenvalue weighted by Crippen LogP contribution is -2.26. The first-order chi connectivity index (χ1) is 14.3. The summed E-state index contributed by atoms with van der Waals surface area (Å²) in [6.07, 6.45) is 9.90. The molecular formula is C23H37NO4S2. The Morgan fingerprint density at radius 1 is 1.07 bits per heavy atom. The quantitative estimate of drug-likeness (QED) is 0.328. The van der Waals surface area contributed by atoms with Gasteiger partial charge in [-0.15, -0.1) is 4.91 Å². The predicted octanol–water partition coefficient (Wildman–Crippen LogP) is 6.21. The molecule has 170 valence electrons. The minimum Gasteiger partial charge on any atom is -0.307 e. The molecule has 1 aromatic carbocycles. The van der Waals surface area contributed by atoms with Crippen LogP contribution in [0.5, 0.6) is 0 Å². The zero-order chi connectivity index (χ0) is 21.6. The Morgan fingerprint density at radius 2 is 1.73 bits per heavy atom. The Hall–Kier alpha value is -1.08. The molecule has 1 heterocycles. The highest BCUT2D eigenvalue weighted by Gasteiger charge is 2.32. The number of rotatable bonds is 9. The summed E-state index contributed by atoms with van der Waals surface area (Å²) < 4.78 is 29.9. The molecule has 0 radical (unpaired) electrons. The van der Waals surface area contributed by atoms with E-state index in [1.807, 2.05) is 0 Å². The summed E-state index contributed by atoms with van der Waals surface area (Å²) in [5.41, 5.74) is 1.31. The van der Waals surface area contributed by atoms with Crippen LogP contribution in [0.2, 0.25) is 0 Å². The zero-order valence-corrected chi connectivity index (χ0v) is 20.1. The van der Waals surface area contributed by atoms with Crippen LogP contribution >= 0.6 is 10.3 Å². The lowest BCUT2D eigenvalue weighted by atomic mass is 9.80. The number of sulfone groups is 1. The fourth-order valence-electron chi connectivity index (χ4n) is 4.87. The van der Waals surface area contributed by atoms with Gasteiger partial charge >= 0.3 is 0 Å². The highest BCUT2D eigenvalue weighted by Crippen LogP contribution is 2.60. The number of nitrogens with zero attached hydrogens (tertiary/aromatic N) is 1. The van der Waals surface area contributed by atoms with Crippen molar-refractivity contribution >= 4 is 20.1 Å². The zero-order valence-electron chi connectivity index (χ0n) is 18.4. The van der Waals surface area contributed by atoms with Gasteiger partial charge in [0.05, 0.1) is 11.0 Å². The van der Waals surface area contributed by atoms with Gasteiger partial charge in [0.1, 0.15) is 0 Å². The standard InChI is InChI=1S/C23H37NO4S2/c1-19(2)30(26,27)18-22-13-10-20(11-14-22)9-12-21-7-6-8-23(17-21)29(28-24-25)15-4-3-5-16-29/h6-8,17,19-20,22H,3-5,9-16,18H2,1-2H3. The number of hydrogen-bond acceptors (Lipinski definition) is 5. The van der Waals surface area contributed by atoms with Crippen molar-refractivity contribution in [2.45, 2.75) is 81.8 Å². The van der Waals surface area contributed by atoms with E-state index in [-0.39, 0.29) is 5.25 Å². The lowest BCUT2D eigenvalue weighted by molar-refractivity contribution is 0.278. The van der Waals surface area contributed by atoms with Gasteiger partial charge in [-0.05, 0) is 92.2 Å². The summed E-state index contributed by atoms with van der Waals surface area (Å²) in [5.74, 6) is 3.24. The fourth-order valence-corrected chi connectivity index (χ4v) is 9.31. The van der Waals surface area contributed by atoms with Crippen molar-refractivity contribution < 1.29 is 12.7 Å². The molecular weight excluding hydrogens is 418 g/mol. The Balaban J connectivity index is 1.53. The SMILES string of the molecule is CC(C)S(=O)(=O)CC1CCC(CCc2cccc(S3(ON=O)CCCCC3)c2)CC1. The minimum atomic E-state index is -2.94. The van der Waals surface area contributed by atoms with E-state index in [0.717, 1.165) is 62.9 Å². The second kappa shape index (κ2) is 10.5. The average molecular weight is 456 g/mol. The monoisotopic (exact) mass is 455 g/mol. The average Bonchev–Trinajstić information content (AvgIpc) is 2.74. The summed E-state index contributed by atoms with van der Waals surface area (Å²) >= 11 is 0. The molecule has 30 heavy (non-hydrogen) atoms.